The van der Waals surface area contributed by atoms with Gasteiger partial charge in [0.25, 0.3) is 0 Å². The van der Waals surface area contributed by atoms with Crippen LogP contribution in [0.2, 0.25) is 0 Å². The molecular formula is C14H17BrN2O2. The van der Waals surface area contributed by atoms with E-state index in [2.05, 4.69) is 25.8 Å². The highest BCUT2D eigenvalue weighted by Gasteiger charge is 2.27. The van der Waals surface area contributed by atoms with Gasteiger partial charge in [-0.15, -0.1) is 0 Å². The molecule has 1 unspecified atom stereocenters. The number of phenols is 1. The van der Waals surface area contributed by atoms with E-state index in [1.54, 1.807) is 6.07 Å². The van der Waals surface area contributed by atoms with Gasteiger partial charge < -0.3 is 15.2 Å². The number of rotatable bonds is 4. The van der Waals surface area contributed by atoms with Crippen LogP contribution in [0.5, 0.6) is 5.75 Å². The number of hydrogen-bond donors (Lipinski definition) is 3. The Labute approximate surface area is 120 Å². The van der Waals surface area contributed by atoms with Gasteiger partial charge in [0.05, 0.1) is 16.7 Å². The standard InChI is InChI=1S/C14H17BrN2O2/c15-14-10(5-7-17-6-4-9(17)8-18)13-11(16-14)2-1-3-12(13)19/h1-3,9,16,18-19H,4-8H2. The molecule has 0 saturated carbocycles. The summed E-state index contributed by atoms with van der Waals surface area (Å²) >= 11 is 3.53. The van der Waals surface area contributed by atoms with Crippen LogP contribution in [0.25, 0.3) is 10.9 Å². The minimum Gasteiger partial charge on any atom is -0.507 e. The number of phenolic OH excluding ortho intramolecular Hbond substituents is 1. The van der Waals surface area contributed by atoms with Gasteiger partial charge in [-0.05, 0) is 46.5 Å². The van der Waals surface area contributed by atoms with Crippen LogP contribution in [0.3, 0.4) is 0 Å². The predicted molar refractivity (Wildman–Crippen MR) is 78.4 cm³/mol. The van der Waals surface area contributed by atoms with Crippen molar-refractivity contribution >= 4 is 26.8 Å². The SMILES string of the molecule is OCC1CCN1CCc1c(Br)[nH]c2cccc(O)c12. The van der Waals surface area contributed by atoms with Gasteiger partial charge >= 0.3 is 0 Å². The third-order valence-corrected chi connectivity index (χ3v) is 4.66. The van der Waals surface area contributed by atoms with E-state index in [-0.39, 0.29) is 6.61 Å². The van der Waals surface area contributed by atoms with Crippen LogP contribution in [0.15, 0.2) is 22.8 Å². The lowest BCUT2D eigenvalue weighted by Gasteiger charge is -2.39. The van der Waals surface area contributed by atoms with Gasteiger partial charge in [-0.1, -0.05) is 6.07 Å². The zero-order valence-corrected chi connectivity index (χ0v) is 12.2. The van der Waals surface area contributed by atoms with Crippen molar-refractivity contribution in [3.63, 3.8) is 0 Å². The van der Waals surface area contributed by atoms with Gasteiger partial charge in [0.1, 0.15) is 5.75 Å². The number of likely N-dealkylation sites (tertiary alicyclic amines) is 1. The number of benzene rings is 1. The van der Waals surface area contributed by atoms with Crippen LogP contribution >= 0.6 is 15.9 Å². The third-order valence-electron chi connectivity index (χ3n) is 3.98. The van der Waals surface area contributed by atoms with Crippen molar-refractivity contribution in [3.05, 3.63) is 28.4 Å². The zero-order chi connectivity index (χ0) is 13.4. The molecule has 0 radical (unpaired) electrons. The molecule has 1 fully saturated rings. The molecule has 19 heavy (non-hydrogen) atoms. The second-order valence-corrected chi connectivity index (χ2v) is 5.82. The molecule has 1 aliphatic rings. The summed E-state index contributed by atoms with van der Waals surface area (Å²) in [6.45, 7) is 2.20. The van der Waals surface area contributed by atoms with Gasteiger partial charge in [-0.3, -0.25) is 4.90 Å². The summed E-state index contributed by atoms with van der Waals surface area (Å²) in [5.74, 6) is 0.316. The molecule has 0 bridgehead atoms. The number of aromatic amines is 1. The summed E-state index contributed by atoms with van der Waals surface area (Å²) in [5.41, 5.74) is 2.06. The number of fused-ring (bicyclic) bond motifs is 1. The first-order valence-electron chi connectivity index (χ1n) is 6.53. The first-order valence-corrected chi connectivity index (χ1v) is 7.33. The zero-order valence-electron chi connectivity index (χ0n) is 10.6. The van der Waals surface area contributed by atoms with Crippen molar-refractivity contribution < 1.29 is 10.2 Å². The highest BCUT2D eigenvalue weighted by molar-refractivity contribution is 9.10. The Kier molecular flexibility index (Phi) is 3.52. The minimum atomic E-state index is 0.236. The number of aliphatic hydroxyl groups excluding tert-OH is 1. The fourth-order valence-electron chi connectivity index (χ4n) is 2.75. The van der Waals surface area contributed by atoms with Gasteiger partial charge in [0.2, 0.25) is 0 Å². The van der Waals surface area contributed by atoms with Gasteiger partial charge in [-0.2, -0.15) is 0 Å². The van der Waals surface area contributed by atoms with E-state index in [0.717, 1.165) is 47.0 Å². The Bertz CT molecular complexity index is 594. The quantitative estimate of drug-likeness (QED) is 0.808. The molecule has 1 aromatic heterocycles. The number of nitrogens with one attached hydrogen (secondary N) is 1. The van der Waals surface area contributed by atoms with E-state index in [4.69, 9.17) is 0 Å². The molecule has 2 aromatic rings. The van der Waals surface area contributed by atoms with E-state index in [1.165, 1.54) is 0 Å². The number of aromatic hydroxyl groups is 1. The number of H-pyrrole nitrogens is 1. The molecule has 1 aliphatic heterocycles. The first kappa shape index (κ1) is 13.0. The average molecular weight is 325 g/mol. The maximum Gasteiger partial charge on any atom is 0.125 e. The molecular weight excluding hydrogens is 308 g/mol. The highest BCUT2D eigenvalue weighted by atomic mass is 79.9. The molecule has 4 nitrogen and oxygen atoms in total. The minimum absolute atomic E-state index is 0.236. The topological polar surface area (TPSA) is 59.5 Å². The monoisotopic (exact) mass is 324 g/mol. The Morgan fingerprint density at radius 2 is 2.26 bits per heavy atom. The summed E-state index contributed by atoms with van der Waals surface area (Å²) in [6, 6.07) is 5.83. The summed E-state index contributed by atoms with van der Waals surface area (Å²) < 4.78 is 0.935. The Morgan fingerprint density at radius 3 is 2.95 bits per heavy atom. The largest absolute Gasteiger partial charge is 0.507 e. The summed E-state index contributed by atoms with van der Waals surface area (Å²) in [6.07, 6.45) is 1.94. The number of halogens is 1. The highest BCUT2D eigenvalue weighted by Crippen LogP contribution is 2.33. The third kappa shape index (κ3) is 2.26. The van der Waals surface area contributed by atoms with Crippen LogP contribution in [0.4, 0.5) is 0 Å². The van der Waals surface area contributed by atoms with Crippen molar-refractivity contribution in [3.8, 4) is 5.75 Å². The van der Waals surface area contributed by atoms with Crippen LogP contribution in [0, 0.1) is 0 Å². The first-order chi connectivity index (χ1) is 9.20. The van der Waals surface area contributed by atoms with Crippen molar-refractivity contribution in [2.24, 2.45) is 0 Å². The molecule has 1 atom stereocenters. The molecule has 0 amide bonds. The van der Waals surface area contributed by atoms with Crippen LogP contribution in [-0.4, -0.2) is 45.8 Å². The van der Waals surface area contributed by atoms with E-state index >= 15 is 0 Å². The van der Waals surface area contributed by atoms with Gasteiger partial charge in [0.15, 0.2) is 0 Å². The molecule has 3 rings (SSSR count). The molecule has 102 valence electrons. The molecule has 2 heterocycles. The van der Waals surface area contributed by atoms with Crippen molar-refractivity contribution in [1.82, 2.24) is 9.88 Å². The number of aliphatic hydroxyl groups is 1. The molecule has 1 aromatic carbocycles. The lowest BCUT2D eigenvalue weighted by Crippen LogP contribution is -2.50. The second-order valence-electron chi connectivity index (χ2n) is 5.03. The summed E-state index contributed by atoms with van der Waals surface area (Å²) in [5, 5.41) is 20.1. The molecule has 1 saturated heterocycles. The van der Waals surface area contributed by atoms with Crippen LogP contribution in [0.1, 0.15) is 12.0 Å². The molecule has 0 spiro atoms. The number of nitrogens with zero attached hydrogens (tertiary/aromatic N) is 1. The maximum absolute atomic E-state index is 10.0. The summed E-state index contributed by atoms with van der Waals surface area (Å²) in [7, 11) is 0. The maximum atomic E-state index is 10.0. The van der Waals surface area contributed by atoms with Crippen molar-refractivity contribution in [1.29, 1.82) is 0 Å². The molecule has 3 N–H and O–H groups in total. The molecule has 0 aliphatic carbocycles. The van der Waals surface area contributed by atoms with Gasteiger partial charge in [0, 0.05) is 24.5 Å². The Morgan fingerprint density at radius 1 is 1.42 bits per heavy atom. The Balaban J connectivity index is 1.82. The Hall–Kier alpha value is -1.04. The molecule has 5 heteroatoms. The smallest absolute Gasteiger partial charge is 0.125 e. The van der Waals surface area contributed by atoms with Crippen molar-refractivity contribution in [2.75, 3.05) is 19.7 Å². The van der Waals surface area contributed by atoms with E-state index in [9.17, 15) is 10.2 Å². The van der Waals surface area contributed by atoms with Crippen molar-refractivity contribution in [2.45, 2.75) is 18.9 Å². The summed E-state index contributed by atoms with van der Waals surface area (Å²) in [4.78, 5) is 5.52. The normalized spacial score (nSPS) is 19.8. The predicted octanol–water partition coefficient (Wildman–Crippen LogP) is 2.25. The van der Waals surface area contributed by atoms with Crippen LogP contribution in [-0.2, 0) is 6.42 Å². The average Bonchev–Trinajstić information content (AvgIpc) is 2.66. The number of aromatic nitrogens is 1. The number of hydrogen-bond acceptors (Lipinski definition) is 3. The van der Waals surface area contributed by atoms with E-state index in [1.807, 2.05) is 12.1 Å². The second kappa shape index (κ2) is 5.15. The fraction of sp³-hybridized carbons (Fsp3) is 0.429. The van der Waals surface area contributed by atoms with Crippen LogP contribution < -0.4 is 0 Å². The van der Waals surface area contributed by atoms with E-state index < -0.39 is 0 Å². The van der Waals surface area contributed by atoms with Gasteiger partial charge in [-0.25, -0.2) is 0 Å². The van der Waals surface area contributed by atoms with E-state index in [0.29, 0.717) is 11.8 Å². The lowest BCUT2D eigenvalue weighted by atomic mass is 10.0. The lowest BCUT2D eigenvalue weighted by molar-refractivity contribution is 0.0437. The fourth-order valence-corrected chi connectivity index (χ4v) is 3.36.